The van der Waals surface area contributed by atoms with Gasteiger partial charge in [-0.05, 0) is 18.2 Å². The van der Waals surface area contributed by atoms with Crippen LogP contribution in [0, 0.1) is 0 Å². The van der Waals surface area contributed by atoms with Crippen molar-refractivity contribution in [3.05, 3.63) is 47.7 Å². The van der Waals surface area contributed by atoms with Crippen molar-refractivity contribution in [2.45, 2.75) is 24.2 Å². The third-order valence-electron chi connectivity index (χ3n) is 3.73. The topological polar surface area (TPSA) is 93.1 Å². The number of benzene rings is 1. The van der Waals surface area contributed by atoms with Crippen LogP contribution in [0.4, 0.5) is 0 Å². The summed E-state index contributed by atoms with van der Waals surface area (Å²) in [4.78, 5) is 24.1. The van der Waals surface area contributed by atoms with E-state index >= 15 is 0 Å². The maximum absolute atomic E-state index is 12.1. The molecule has 3 rings (SSSR count). The standard InChI is InChI=1S/C15H14O6/c16-8-15-7-11(13(18)10(21-15)6-12(15)17)20-14(19)9-4-2-1-3-5-9/h1-5,7,10,12,16-17H,6,8H2/t10-,12+,15+/m0/s1. The van der Waals surface area contributed by atoms with Crippen LogP contribution in [0.25, 0.3) is 0 Å². The van der Waals surface area contributed by atoms with Gasteiger partial charge in [0.05, 0.1) is 18.3 Å². The van der Waals surface area contributed by atoms with Gasteiger partial charge in [-0.15, -0.1) is 0 Å². The fourth-order valence-corrected chi connectivity index (χ4v) is 2.54. The maximum Gasteiger partial charge on any atom is 0.343 e. The minimum Gasteiger partial charge on any atom is -0.419 e. The van der Waals surface area contributed by atoms with Crippen molar-refractivity contribution in [1.82, 2.24) is 0 Å². The monoisotopic (exact) mass is 290 g/mol. The van der Waals surface area contributed by atoms with Crippen LogP contribution in [-0.4, -0.2) is 46.4 Å². The molecular weight excluding hydrogens is 276 g/mol. The minimum absolute atomic E-state index is 0.0717. The Labute approximate surface area is 120 Å². The highest BCUT2D eigenvalue weighted by Crippen LogP contribution is 2.38. The van der Waals surface area contributed by atoms with Crippen LogP contribution in [0.5, 0.6) is 0 Å². The Balaban J connectivity index is 1.87. The van der Waals surface area contributed by atoms with Gasteiger partial charge >= 0.3 is 5.97 Å². The van der Waals surface area contributed by atoms with E-state index in [1.54, 1.807) is 30.3 Å². The van der Waals surface area contributed by atoms with E-state index in [0.717, 1.165) is 0 Å². The fourth-order valence-electron chi connectivity index (χ4n) is 2.54. The van der Waals surface area contributed by atoms with Gasteiger partial charge in [-0.1, -0.05) is 18.2 Å². The Bertz CT molecular complexity index is 608. The summed E-state index contributed by atoms with van der Waals surface area (Å²) in [5, 5.41) is 19.3. The van der Waals surface area contributed by atoms with Crippen molar-refractivity contribution in [2.24, 2.45) is 0 Å². The highest BCUT2D eigenvalue weighted by atomic mass is 16.6. The number of carbonyl (C=O) groups is 2. The molecule has 2 aliphatic heterocycles. The molecule has 0 aliphatic carbocycles. The van der Waals surface area contributed by atoms with Crippen molar-refractivity contribution in [2.75, 3.05) is 6.61 Å². The first-order valence-corrected chi connectivity index (χ1v) is 6.57. The lowest BCUT2D eigenvalue weighted by Crippen LogP contribution is -2.45. The molecule has 2 aliphatic rings. The van der Waals surface area contributed by atoms with E-state index in [2.05, 4.69) is 0 Å². The lowest BCUT2D eigenvalue weighted by molar-refractivity contribution is -0.140. The average Bonchev–Trinajstić information content (AvgIpc) is 2.79. The summed E-state index contributed by atoms with van der Waals surface area (Å²) < 4.78 is 10.5. The zero-order chi connectivity index (χ0) is 15.0. The van der Waals surface area contributed by atoms with E-state index in [0.29, 0.717) is 5.56 Å². The molecule has 21 heavy (non-hydrogen) atoms. The summed E-state index contributed by atoms with van der Waals surface area (Å²) in [6.07, 6.45) is -0.632. The van der Waals surface area contributed by atoms with Gasteiger partial charge in [0.25, 0.3) is 0 Å². The predicted octanol–water partition coefficient (Wildman–Crippen LogP) is 0.191. The van der Waals surface area contributed by atoms with E-state index < -0.39 is 36.2 Å². The molecule has 1 aromatic rings. The predicted molar refractivity (Wildman–Crippen MR) is 70.3 cm³/mol. The third-order valence-corrected chi connectivity index (χ3v) is 3.73. The van der Waals surface area contributed by atoms with Crippen LogP contribution in [0.15, 0.2) is 42.2 Å². The molecule has 2 bridgehead atoms. The molecule has 0 unspecified atom stereocenters. The Morgan fingerprint density at radius 1 is 1.38 bits per heavy atom. The van der Waals surface area contributed by atoms with E-state index in [1.807, 2.05) is 0 Å². The first kappa shape index (κ1) is 13.9. The lowest BCUT2D eigenvalue weighted by atomic mass is 9.98. The number of aliphatic hydroxyl groups is 2. The molecular formula is C15H14O6. The summed E-state index contributed by atoms with van der Waals surface area (Å²) in [5.41, 5.74) is -1.06. The Kier molecular flexibility index (Phi) is 3.36. The van der Waals surface area contributed by atoms with Gasteiger partial charge in [0.2, 0.25) is 5.78 Å². The molecule has 6 heteroatoms. The summed E-state index contributed by atoms with van der Waals surface area (Å²) in [7, 11) is 0. The molecule has 0 saturated carbocycles. The second-order valence-corrected chi connectivity index (χ2v) is 5.10. The highest BCUT2D eigenvalue weighted by Gasteiger charge is 2.54. The molecule has 0 spiro atoms. The SMILES string of the molecule is O=C(OC1=C[C@]2(CO)O[C@@H](C[C@H]2O)C1=O)c1ccccc1. The van der Waals surface area contributed by atoms with Gasteiger partial charge in [0, 0.05) is 6.42 Å². The van der Waals surface area contributed by atoms with Gasteiger partial charge in [-0.25, -0.2) is 4.79 Å². The Hall–Kier alpha value is -2.02. The lowest BCUT2D eigenvalue weighted by Gasteiger charge is -2.30. The first-order valence-electron chi connectivity index (χ1n) is 6.57. The zero-order valence-corrected chi connectivity index (χ0v) is 11.1. The normalized spacial score (nSPS) is 31.0. The van der Waals surface area contributed by atoms with Crippen molar-refractivity contribution in [3.8, 4) is 0 Å². The fraction of sp³-hybridized carbons (Fsp3) is 0.333. The summed E-state index contributed by atoms with van der Waals surface area (Å²) in [6.45, 7) is -0.496. The molecule has 0 aromatic heterocycles. The molecule has 2 N–H and O–H groups in total. The van der Waals surface area contributed by atoms with Crippen molar-refractivity contribution in [1.29, 1.82) is 0 Å². The molecule has 1 saturated heterocycles. The number of aliphatic hydroxyl groups excluding tert-OH is 2. The van der Waals surface area contributed by atoms with Crippen LogP contribution in [-0.2, 0) is 14.3 Å². The quantitative estimate of drug-likeness (QED) is 0.772. The third kappa shape index (κ3) is 2.27. The number of hydrogen-bond donors (Lipinski definition) is 2. The van der Waals surface area contributed by atoms with Gasteiger partial charge in [-0.3, -0.25) is 4.79 Å². The van der Waals surface area contributed by atoms with E-state index in [9.17, 15) is 19.8 Å². The number of ketones is 1. The number of rotatable bonds is 3. The highest BCUT2D eigenvalue weighted by molar-refractivity contribution is 6.02. The Morgan fingerprint density at radius 3 is 2.76 bits per heavy atom. The maximum atomic E-state index is 12.1. The molecule has 2 heterocycles. The molecule has 0 radical (unpaired) electrons. The van der Waals surface area contributed by atoms with Crippen LogP contribution in [0.2, 0.25) is 0 Å². The number of fused-ring (bicyclic) bond motifs is 2. The minimum atomic E-state index is -1.37. The van der Waals surface area contributed by atoms with E-state index in [1.165, 1.54) is 6.08 Å². The van der Waals surface area contributed by atoms with Gasteiger partial charge < -0.3 is 19.7 Å². The second-order valence-electron chi connectivity index (χ2n) is 5.10. The number of hydrogen-bond acceptors (Lipinski definition) is 6. The first-order chi connectivity index (χ1) is 10.1. The van der Waals surface area contributed by atoms with Crippen molar-refractivity contribution in [3.63, 3.8) is 0 Å². The molecule has 110 valence electrons. The smallest absolute Gasteiger partial charge is 0.343 e. The number of carbonyl (C=O) groups excluding carboxylic acids is 2. The van der Waals surface area contributed by atoms with Crippen molar-refractivity contribution < 1.29 is 29.3 Å². The van der Waals surface area contributed by atoms with Crippen LogP contribution >= 0.6 is 0 Å². The Morgan fingerprint density at radius 2 is 2.10 bits per heavy atom. The van der Waals surface area contributed by atoms with Gasteiger partial charge in [-0.2, -0.15) is 0 Å². The van der Waals surface area contributed by atoms with Gasteiger partial charge in [0.1, 0.15) is 11.7 Å². The van der Waals surface area contributed by atoms with Gasteiger partial charge in [0.15, 0.2) is 5.76 Å². The summed E-state index contributed by atoms with van der Waals surface area (Å²) in [6, 6.07) is 8.25. The second kappa shape index (κ2) is 5.07. The summed E-state index contributed by atoms with van der Waals surface area (Å²) in [5.74, 6) is -1.36. The largest absolute Gasteiger partial charge is 0.419 e. The van der Waals surface area contributed by atoms with Crippen LogP contribution in [0.3, 0.4) is 0 Å². The molecule has 1 fully saturated rings. The van der Waals surface area contributed by atoms with Crippen LogP contribution in [0.1, 0.15) is 16.8 Å². The molecule has 3 atom stereocenters. The summed E-state index contributed by atoms with van der Waals surface area (Å²) >= 11 is 0. The number of ether oxygens (including phenoxy) is 2. The number of esters is 1. The van der Waals surface area contributed by atoms with E-state index in [-0.39, 0.29) is 12.2 Å². The van der Waals surface area contributed by atoms with Crippen molar-refractivity contribution >= 4 is 11.8 Å². The molecule has 0 amide bonds. The average molecular weight is 290 g/mol. The molecule has 6 nitrogen and oxygen atoms in total. The van der Waals surface area contributed by atoms with Crippen LogP contribution < -0.4 is 0 Å². The number of Topliss-reactive ketones (excluding diaryl/α,β-unsaturated/α-hetero) is 1. The zero-order valence-electron chi connectivity index (χ0n) is 11.1. The van der Waals surface area contributed by atoms with E-state index in [4.69, 9.17) is 9.47 Å². The molecule has 1 aromatic carbocycles.